The fourth-order valence-electron chi connectivity index (χ4n) is 0.972. The molecule has 1 amide bonds. The first kappa shape index (κ1) is 7.38. The summed E-state index contributed by atoms with van der Waals surface area (Å²) in [5.41, 5.74) is 0. The highest BCUT2D eigenvalue weighted by Crippen LogP contribution is 2.12. The van der Waals surface area contributed by atoms with Crippen molar-refractivity contribution in [1.29, 1.82) is 0 Å². The van der Waals surface area contributed by atoms with Crippen LogP contribution in [0.3, 0.4) is 0 Å². The van der Waals surface area contributed by atoms with E-state index in [9.17, 15) is 4.79 Å². The molecule has 0 aromatic carbocycles. The summed E-state index contributed by atoms with van der Waals surface area (Å²) >= 11 is 0. The molecule has 0 saturated carbocycles. The highest BCUT2D eigenvalue weighted by atomic mass is 16.6. The van der Waals surface area contributed by atoms with Gasteiger partial charge in [0.2, 0.25) is 0 Å². The summed E-state index contributed by atoms with van der Waals surface area (Å²) in [6.45, 7) is 4.98. The number of rotatable bonds is 1. The Morgan fingerprint density at radius 1 is 1.80 bits per heavy atom. The van der Waals surface area contributed by atoms with Gasteiger partial charge in [-0.1, -0.05) is 0 Å². The molecule has 0 bridgehead atoms. The van der Waals surface area contributed by atoms with Crippen LogP contribution >= 0.6 is 0 Å². The largest absolute Gasteiger partial charge is 0.450 e. The third-order valence-electron chi connectivity index (χ3n) is 1.45. The number of likely N-dealkylation sites (tertiary alicyclic amines) is 1. The predicted molar refractivity (Wildman–Crippen MR) is 37.3 cm³/mol. The van der Waals surface area contributed by atoms with Crippen LogP contribution in [0.25, 0.3) is 0 Å². The van der Waals surface area contributed by atoms with Gasteiger partial charge in [0.05, 0.1) is 13.2 Å². The summed E-state index contributed by atoms with van der Waals surface area (Å²) in [5.74, 6) is 0. The smallest absolute Gasteiger partial charge is 0.410 e. The zero-order chi connectivity index (χ0) is 7.40. The second-order valence-corrected chi connectivity index (χ2v) is 2.22. The molecule has 0 N–H and O–H groups in total. The first-order valence-corrected chi connectivity index (χ1v) is 3.61. The van der Waals surface area contributed by atoms with Crippen molar-refractivity contribution in [2.24, 2.45) is 0 Å². The van der Waals surface area contributed by atoms with Gasteiger partial charge in [-0.3, -0.25) is 0 Å². The monoisotopic (exact) mass is 142 g/mol. The Hall–Kier alpha value is -0.730. The molecule has 3 nitrogen and oxygen atoms in total. The number of nitrogens with zero attached hydrogens (tertiary/aromatic N) is 1. The first-order valence-electron chi connectivity index (χ1n) is 3.61. The quantitative estimate of drug-likeness (QED) is 0.553. The molecular formula is C7H12NO2. The van der Waals surface area contributed by atoms with E-state index in [4.69, 9.17) is 4.74 Å². The molecule has 1 rings (SSSR count). The molecular weight excluding hydrogens is 130 g/mol. The summed E-state index contributed by atoms with van der Waals surface area (Å²) in [5, 5.41) is 0. The van der Waals surface area contributed by atoms with Crippen molar-refractivity contribution >= 4 is 6.09 Å². The van der Waals surface area contributed by atoms with Crippen LogP contribution < -0.4 is 0 Å². The zero-order valence-corrected chi connectivity index (χ0v) is 6.17. The Labute approximate surface area is 61.0 Å². The lowest BCUT2D eigenvalue weighted by atomic mass is 10.4. The van der Waals surface area contributed by atoms with E-state index in [1.54, 1.807) is 4.90 Å². The summed E-state index contributed by atoms with van der Waals surface area (Å²) < 4.78 is 4.78. The van der Waals surface area contributed by atoms with Crippen molar-refractivity contribution in [3.8, 4) is 0 Å². The molecule has 1 heterocycles. The third-order valence-corrected chi connectivity index (χ3v) is 1.45. The van der Waals surface area contributed by atoms with Crippen LogP contribution in [0.15, 0.2) is 0 Å². The minimum Gasteiger partial charge on any atom is -0.450 e. The van der Waals surface area contributed by atoms with Gasteiger partial charge in [-0.25, -0.2) is 4.79 Å². The van der Waals surface area contributed by atoms with Crippen molar-refractivity contribution in [1.82, 2.24) is 4.90 Å². The fourth-order valence-corrected chi connectivity index (χ4v) is 0.972. The van der Waals surface area contributed by atoms with Crippen LogP contribution in [0.5, 0.6) is 0 Å². The SMILES string of the molecule is CCOC(=O)N1[CH]CCC1. The average molecular weight is 142 g/mol. The maximum Gasteiger partial charge on any atom is 0.410 e. The minimum absolute atomic E-state index is 0.208. The topological polar surface area (TPSA) is 29.5 Å². The van der Waals surface area contributed by atoms with Crippen molar-refractivity contribution in [3.05, 3.63) is 6.54 Å². The van der Waals surface area contributed by atoms with Gasteiger partial charge in [0, 0.05) is 6.54 Å². The van der Waals surface area contributed by atoms with Crippen LogP contribution in [-0.4, -0.2) is 24.1 Å². The average Bonchev–Trinajstić information content (AvgIpc) is 2.38. The van der Waals surface area contributed by atoms with Gasteiger partial charge in [-0.05, 0) is 19.8 Å². The van der Waals surface area contributed by atoms with Crippen LogP contribution in [0.4, 0.5) is 4.79 Å². The lowest BCUT2D eigenvalue weighted by molar-refractivity contribution is 0.122. The van der Waals surface area contributed by atoms with Gasteiger partial charge in [-0.2, -0.15) is 0 Å². The minimum atomic E-state index is -0.208. The molecule has 57 valence electrons. The van der Waals surface area contributed by atoms with Crippen LogP contribution in [-0.2, 0) is 4.74 Å². The van der Waals surface area contributed by atoms with Gasteiger partial charge in [0.25, 0.3) is 0 Å². The maximum atomic E-state index is 10.9. The van der Waals surface area contributed by atoms with Crippen molar-refractivity contribution in [2.45, 2.75) is 19.8 Å². The Balaban J connectivity index is 2.25. The Bertz CT molecular complexity index is 119. The lowest BCUT2D eigenvalue weighted by Crippen LogP contribution is -2.25. The summed E-state index contributed by atoms with van der Waals surface area (Å²) in [6.07, 6.45) is 1.86. The van der Waals surface area contributed by atoms with Gasteiger partial charge in [-0.15, -0.1) is 0 Å². The summed E-state index contributed by atoms with van der Waals surface area (Å²) in [7, 11) is 0. The van der Waals surface area contributed by atoms with Gasteiger partial charge >= 0.3 is 6.09 Å². The van der Waals surface area contributed by atoms with E-state index >= 15 is 0 Å². The zero-order valence-electron chi connectivity index (χ0n) is 6.17. The molecule has 10 heavy (non-hydrogen) atoms. The van der Waals surface area contributed by atoms with Crippen molar-refractivity contribution < 1.29 is 9.53 Å². The van der Waals surface area contributed by atoms with Crippen molar-refractivity contribution in [2.75, 3.05) is 13.2 Å². The first-order chi connectivity index (χ1) is 4.84. The lowest BCUT2D eigenvalue weighted by Gasteiger charge is -2.12. The normalized spacial score (nSPS) is 17.5. The molecule has 1 saturated heterocycles. The fraction of sp³-hybridized carbons (Fsp3) is 0.714. The highest BCUT2D eigenvalue weighted by molar-refractivity contribution is 5.68. The molecule has 1 radical (unpaired) electrons. The molecule has 3 heteroatoms. The number of hydrogen-bond donors (Lipinski definition) is 0. The predicted octanol–water partition coefficient (Wildman–Crippen LogP) is 1.40. The van der Waals surface area contributed by atoms with E-state index in [1.807, 2.05) is 13.5 Å². The Morgan fingerprint density at radius 2 is 2.60 bits per heavy atom. The second-order valence-electron chi connectivity index (χ2n) is 2.22. The molecule has 1 aliphatic rings. The number of ether oxygens (including phenoxy) is 1. The molecule has 0 atom stereocenters. The maximum absolute atomic E-state index is 10.9. The molecule has 0 spiro atoms. The van der Waals surface area contributed by atoms with Crippen LogP contribution in [0.1, 0.15) is 19.8 Å². The van der Waals surface area contributed by atoms with E-state index in [0.29, 0.717) is 6.61 Å². The molecule has 0 unspecified atom stereocenters. The molecule has 1 aliphatic heterocycles. The standard InChI is InChI=1S/C7H12NO2/c1-2-10-7(9)8-5-3-4-6-8/h5H,2-4,6H2,1H3. The van der Waals surface area contributed by atoms with E-state index in [0.717, 1.165) is 19.4 Å². The summed E-state index contributed by atoms with van der Waals surface area (Å²) in [6, 6.07) is 0. The van der Waals surface area contributed by atoms with Crippen molar-refractivity contribution in [3.63, 3.8) is 0 Å². The number of amides is 1. The van der Waals surface area contributed by atoms with Gasteiger partial charge in [0.15, 0.2) is 0 Å². The van der Waals surface area contributed by atoms with Gasteiger partial charge in [0.1, 0.15) is 0 Å². The number of carbonyl (C=O) groups is 1. The Morgan fingerprint density at radius 3 is 3.10 bits per heavy atom. The van der Waals surface area contributed by atoms with E-state index < -0.39 is 0 Å². The molecule has 0 aromatic rings. The molecule has 1 fully saturated rings. The van der Waals surface area contributed by atoms with Crippen LogP contribution in [0, 0.1) is 6.54 Å². The van der Waals surface area contributed by atoms with E-state index in [-0.39, 0.29) is 6.09 Å². The highest BCUT2D eigenvalue weighted by Gasteiger charge is 2.18. The molecule has 0 aromatic heterocycles. The molecule has 0 aliphatic carbocycles. The van der Waals surface area contributed by atoms with E-state index in [1.165, 1.54) is 0 Å². The summed E-state index contributed by atoms with van der Waals surface area (Å²) in [4.78, 5) is 12.5. The Kier molecular flexibility index (Phi) is 2.54. The number of carbonyl (C=O) groups excluding carboxylic acids is 1. The second kappa shape index (κ2) is 3.44. The van der Waals surface area contributed by atoms with Gasteiger partial charge < -0.3 is 9.64 Å². The van der Waals surface area contributed by atoms with E-state index in [2.05, 4.69) is 0 Å². The number of hydrogen-bond acceptors (Lipinski definition) is 2. The third kappa shape index (κ3) is 1.62. The van der Waals surface area contributed by atoms with Crippen LogP contribution in [0.2, 0.25) is 0 Å².